The Morgan fingerprint density at radius 1 is 0.500 bits per heavy atom. The lowest BCUT2D eigenvalue weighted by atomic mass is 9.84. The fourth-order valence-electron chi connectivity index (χ4n) is 6.53. The zero-order valence-electron chi connectivity index (χ0n) is 28.8. The van der Waals surface area contributed by atoms with Crippen molar-refractivity contribution in [2.45, 2.75) is 92.4 Å². The van der Waals surface area contributed by atoms with Crippen LogP contribution in [0.2, 0.25) is 0 Å². The second kappa shape index (κ2) is 13.7. The first-order valence-electron chi connectivity index (χ1n) is 15.8. The molecule has 0 fully saturated rings. The summed E-state index contributed by atoms with van der Waals surface area (Å²) in [5.41, 5.74) is 6.57. The molecule has 0 aliphatic carbocycles. The number of nitrogens with zero attached hydrogens (tertiary/aromatic N) is 4. The van der Waals surface area contributed by atoms with Gasteiger partial charge in [0.2, 0.25) is 0 Å². The summed E-state index contributed by atoms with van der Waals surface area (Å²) >= 11 is 0. The summed E-state index contributed by atoms with van der Waals surface area (Å²) < 4.78 is 0. The lowest BCUT2D eigenvalue weighted by Crippen LogP contribution is -2.33. The predicted molar refractivity (Wildman–Crippen MR) is 177 cm³/mol. The average molecular weight is 581 g/mol. The third-order valence-corrected chi connectivity index (χ3v) is 8.52. The van der Waals surface area contributed by atoms with E-state index in [4.69, 9.17) is 0 Å². The molecule has 42 heavy (non-hydrogen) atoms. The number of rotatable bonds is 0. The van der Waals surface area contributed by atoms with E-state index in [1.54, 1.807) is 0 Å². The highest BCUT2D eigenvalue weighted by atomic mass is 16.3. The van der Waals surface area contributed by atoms with E-state index in [9.17, 15) is 10.2 Å². The number of hydrogen-bond acceptors (Lipinski definition) is 6. The minimum atomic E-state index is 0.00239. The molecule has 1 aliphatic rings. The second-order valence-electron chi connectivity index (χ2n) is 15.8. The van der Waals surface area contributed by atoms with E-state index in [-0.39, 0.29) is 10.8 Å². The van der Waals surface area contributed by atoms with Crippen LogP contribution in [0.15, 0.2) is 24.3 Å². The predicted octanol–water partition coefficient (Wildman–Crippen LogP) is 6.41. The topological polar surface area (TPSA) is 53.4 Å². The average Bonchev–Trinajstić information content (AvgIpc) is 2.81. The fourth-order valence-corrected chi connectivity index (χ4v) is 6.53. The van der Waals surface area contributed by atoms with E-state index in [0.29, 0.717) is 49.5 Å². The Hall–Kier alpha value is -2.12. The molecule has 1 aliphatic heterocycles. The van der Waals surface area contributed by atoms with Crippen molar-refractivity contribution in [1.82, 2.24) is 19.6 Å². The third kappa shape index (κ3) is 9.44. The SMILES string of the molecule is CC1CN(C)Cc2cc(C(C)(C)C)cc(c2O)CN(C)CC(C)CN(C)Cc2cc(C(C)(C)C)cc(c2O)CN(C)C1. The van der Waals surface area contributed by atoms with Crippen molar-refractivity contribution in [3.05, 3.63) is 57.6 Å². The van der Waals surface area contributed by atoms with Gasteiger partial charge in [-0.3, -0.25) is 0 Å². The minimum absolute atomic E-state index is 0.00239. The van der Waals surface area contributed by atoms with Crippen molar-refractivity contribution in [3.8, 4) is 11.5 Å². The van der Waals surface area contributed by atoms with E-state index in [1.807, 2.05) is 0 Å². The van der Waals surface area contributed by atoms with Crippen molar-refractivity contribution in [1.29, 1.82) is 0 Å². The first kappa shape index (κ1) is 34.4. The van der Waals surface area contributed by atoms with Crippen LogP contribution in [0.1, 0.15) is 88.8 Å². The molecule has 0 atom stereocenters. The molecule has 0 amide bonds. The van der Waals surface area contributed by atoms with Crippen LogP contribution in [0.4, 0.5) is 0 Å². The Labute approximate surface area is 257 Å². The number of benzene rings is 2. The van der Waals surface area contributed by atoms with Crippen LogP contribution in [0.25, 0.3) is 0 Å². The van der Waals surface area contributed by atoms with Crippen LogP contribution in [0, 0.1) is 11.8 Å². The molecular formula is C36H60N4O2. The van der Waals surface area contributed by atoms with Gasteiger partial charge in [0.25, 0.3) is 0 Å². The van der Waals surface area contributed by atoms with Crippen LogP contribution in [-0.2, 0) is 37.0 Å². The third-order valence-electron chi connectivity index (χ3n) is 8.52. The summed E-state index contributed by atoms with van der Waals surface area (Å²) in [4.78, 5) is 9.33. The molecule has 0 saturated carbocycles. The zero-order valence-corrected chi connectivity index (χ0v) is 28.8. The van der Waals surface area contributed by atoms with Gasteiger partial charge in [-0.1, -0.05) is 79.7 Å². The number of aromatic hydroxyl groups is 2. The van der Waals surface area contributed by atoms with Gasteiger partial charge in [-0.05, 0) is 62.0 Å². The molecule has 0 radical (unpaired) electrons. The number of fused-ring (bicyclic) bond motifs is 4. The maximum absolute atomic E-state index is 11.4. The first-order valence-corrected chi connectivity index (χ1v) is 15.8. The molecule has 0 aromatic heterocycles. The van der Waals surface area contributed by atoms with Crippen molar-refractivity contribution in [2.24, 2.45) is 11.8 Å². The van der Waals surface area contributed by atoms with Crippen LogP contribution < -0.4 is 0 Å². The van der Waals surface area contributed by atoms with Crippen LogP contribution in [0.3, 0.4) is 0 Å². The summed E-state index contributed by atoms with van der Waals surface area (Å²) in [6, 6.07) is 8.83. The maximum atomic E-state index is 11.4. The lowest BCUT2D eigenvalue weighted by Gasteiger charge is -2.30. The molecule has 4 bridgehead atoms. The molecule has 2 aromatic carbocycles. The van der Waals surface area contributed by atoms with Gasteiger partial charge in [-0.15, -0.1) is 0 Å². The highest BCUT2D eigenvalue weighted by molar-refractivity contribution is 5.47. The number of phenolic OH excluding ortho intramolecular Hbond substituents is 2. The van der Waals surface area contributed by atoms with E-state index in [2.05, 4.69) is 127 Å². The summed E-state index contributed by atoms with van der Waals surface area (Å²) in [6.45, 7) is 24.6. The van der Waals surface area contributed by atoms with Crippen LogP contribution in [-0.4, -0.2) is 84.2 Å². The van der Waals surface area contributed by atoms with Gasteiger partial charge in [0.15, 0.2) is 0 Å². The summed E-state index contributed by atoms with van der Waals surface area (Å²) in [6.07, 6.45) is 0. The molecule has 6 heteroatoms. The van der Waals surface area contributed by atoms with Gasteiger partial charge in [-0.2, -0.15) is 0 Å². The van der Waals surface area contributed by atoms with E-state index in [1.165, 1.54) is 11.1 Å². The van der Waals surface area contributed by atoms with E-state index in [0.717, 1.165) is 48.4 Å². The van der Waals surface area contributed by atoms with Crippen molar-refractivity contribution in [2.75, 3.05) is 54.4 Å². The molecular weight excluding hydrogens is 520 g/mol. The van der Waals surface area contributed by atoms with Gasteiger partial charge < -0.3 is 29.8 Å². The van der Waals surface area contributed by atoms with Gasteiger partial charge in [0.1, 0.15) is 11.5 Å². The van der Waals surface area contributed by atoms with Crippen LogP contribution >= 0.6 is 0 Å². The molecule has 3 rings (SSSR count). The normalized spacial score (nSPS) is 22.3. The zero-order chi connectivity index (χ0) is 31.6. The van der Waals surface area contributed by atoms with Crippen LogP contribution in [0.5, 0.6) is 11.5 Å². The summed E-state index contributed by atoms with van der Waals surface area (Å²) in [5, 5.41) is 22.9. The minimum Gasteiger partial charge on any atom is -0.507 e. The Balaban J connectivity index is 1.99. The monoisotopic (exact) mass is 580 g/mol. The number of phenols is 2. The molecule has 1 heterocycles. The van der Waals surface area contributed by atoms with Gasteiger partial charge in [-0.25, -0.2) is 0 Å². The molecule has 236 valence electrons. The van der Waals surface area contributed by atoms with Gasteiger partial charge in [0.05, 0.1) is 0 Å². The smallest absolute Gasteiger partial charge is 0.124 e. The van der Waals surface area contributed by atoms with Gasteiger partial charge in [0, 0.05) is 74.6 Å². The molecule has 2 aromatic rings. The Morgan fingerprint density at radius 3 is 0.905 bits per heavy atom. The summed E-state index contributed by atoms with van der Waals surface area (Å²) in [7, 11) is 8.61. The Kier molecular flexibility index (Phi) is 11.2. The second-order valence-corrected chi connectivity index (χ2v) is 15.8. The molecule has 0 saturated heterocycles. The Bertz CT molecular complexity index is 1030. The summed E-state index contributed by atoms with van der Waals surface area (Å²) in [5.74, 6) is 1.72. The molecule has 0 unspecified atom stereocenters. The van der Waals surface area contributed by atoms with E-state index < -0.39 is 0 Å². The first-order chi connectivity index (χ1) is 19.3. The van der Waals surface area contributed by atoms with Crippen molar-refractivity contribution >= 4 is 0 Å². The standard InChI is InChI=1S/C36H60N4O2/c1-25-17-37(9)21-27-13-31(35(3,4)5)15-29(33(27)41)23-39(11)19-26(2)20-40(12)24-30-16-32(36(6,7)8)14-28(34(30)42)22-38(10)18-25/h13-16,25-26,41-42H,17-24H2,1-12H3. The van der Waals surface area contributed by atoms with Gasteiger partial charge >= 0.3 is 0 Å². The van der Waals surface area contributed by atoms with Crippen molar-refractivity contribution < 1.29 is 10.2 Å². The fraction of sp³-hybridized carbons (Fsp3) is 0.667. The maximum Gasteiger partial charge on any atom is 0.124 e. The quantitative estimate of drug-likeness (QED) is 0.376. The highest BCUT2D eigenvalue weighted by Crippen LogP contribution is 2.34. The largest absolute Gasteiger partial charge is 0.507 e. The molecule has 0 spiro atoms. The number of hydrogen-bond donors (Lipinski definition) is 2. The Morgan fingerprint density at radius 2 is 0.714 bits per heavy atom. The highest BCUT2D eigenvalue weighted by Gasteiger charge is 2.24. The van der Waals surface area contributed by atoms with Crippen molar-refractivity contribution in [3.63, 3.8) is 0 Å². The molecule has 2 N–H and O–H groups in total. The molecule has 6 nitrogen and oxygen atoms in total. The van der Waals surface area contributed by atoms with E-state index >= 15 is 0 Å². The lowest BCUT2D eigenvalue weighted by molar-refractivity contribution is 0.209.